The van der Waals surface area contributed by atoms with Crippen molar-refractivity contribution in [2.45, 2.75) is 12.8 Å². The van der Waals surface area contributed by atoms with Crippen molar-refractivity contribution in [2.24, 2.45) is 0 Å². The van der Waals surface area contributed by atoms with Crippen molar-refractivity contribution >= 4 is 5.91 Å². The first-order valence-corrected chi connectivity index (χ1v) is 6.65. The van der Waals surface area contributed by atoms with Crippen molar-refractivity contribution in [3.8, 4) is 11.4 Å². The molecule has 114 valence electrons. The van der Waals surface area contributed by atoms with Gasteiger partial charge in [0, 0.05) is 31.5 Å². The number of amides is 1. The second kappa shape index (κ2) is 5.40. The molecule has 1 amide bonds. The molecule has 0 radical (unpaired) electrons. The molecule has 1 aliphatic heterocycles. The van der Waals surface area contributed by atoms with E-state index in [2.05, 4.69) is 9.97 Å². The third-order valence-electron chi connectivity index (χ3n) is 3.65. The topological polar surface area (TPSA) is 46.1 Å². The van der Waals surface area contributed by atoms with Crippen molar-refractivity contribution in [1.29, 1.82) is 0 Å². The van der Waals surface area contributed by atoms with Gasteiger partial charge in [0.1, 0.15) is 5.82 Å². The average Bonchev–Trinajstić information content (AvgIpc) is 2.51. The van der Waals surface area contributed by atoms with E-state index < -0.39 is 12.2 Å². The third-order valence-corrected chi connectivity index (χ3v) is 3.65. The molecule has 0 saturated heterocycles. The lowest BCUT2D eigenvalue weighted by Gasteiger charge is -2.25. The van der Waals surface area contributed by atoms with Crippen LogP contribution in [0.3, 0.4) is 0 Å². The van der Waals surface area contributed by atoms with Gasteiger partial charge in [-0.25, -0.2) is 23.1 Å². The molecule has 0 N–H and O–H groups in total. The molecule has 0 atom stereocenters. The molecule has 0 fully saturated rings. The molecular formula is C15H12F3N3O. The number of aromatic nitrogens is 2. The van der Waals surface area contributed by atoms with Gasteiger partial charge in [0.25, 0.3) is 12.3 Å². The Kier molecular flexibility index (Phi) is 3.56. The first-order chi connectivity index (χ1) is 10.5. The van der Waals surface area contributed by atoms with E-state index in [1.165, 1.54) is 11.0 Å². The van der Waals surface area contributed by atoms with Crippen LogP contribution in [-0.2, 0) is 6.42 Å². The van der Waals surface area contributed by atoms with Crippen molar-refractivity contribution in [3.63, 3.8) is 0 Å². The molecule has 4 nitrogen and oxygen atoms in total. The van der Waals surface area contributed by atoms with Gasteiger partial charge in [-0.15, -0.1) is 0 Å². The lowest BCUT2D eigenvalue weighted by molar-refractivity contribution is 0.0780. The van der Waals surface area contributed by atoms with Crippen molar-refractivity contribution < 1.29 is 18.0 Å². The highest BCUT2D eigenvalue weighted by Crippen LogP contribution is 2.27. The predicted octanol–water partition coefficient (Wildman–Crippen LogP) is 2.85. The van der Waals surface area contributed by atoms with E-state index >= 15 is 0 Å². The quantitative estimate of drug-likeness (QED) is 0.857. The van der Waals surface area contributed by atoms with Crippen LogP contribution in [0.25, 0.3) is 11.4 Å². The molecule has 2 heterocycles. The fourth-order valence-electron chi connectivity index (χ4n) is 2.38. The Balaban J connectivity index is 2.03. The average molecular weight is 307 g/mol. The number of hydrogen-bond donors (Lipinski definition) is 0. The Hall–Kier alpha value is -2.44. The monoisotopic (exact) mass is 307 g/mol. The number of likely N-dealkylation sites (N-methyl/N-ethyl adjacent to an activating group) is 1. The highest BCUT2D eigenvalue weighted by atomic mass is 19.3. The van der Waals surface area contributed by atoms with Gasteiger partial charge in [-0.05, 0) is 24.1 Å². The molecule has 1 aromatic heterocycles. The van der Waals surface area contributed by atoms with Gasteiger partial charge in [-0.2, -0.15) is 0 Å². The van der Waals surface area contributed by atoms with E-state index in [0.29, 0.717) is 24.1 Å². The van der Waals surface area contributed by atoms with Gasteiger partial charge in [-0.1, -0.05) is 0 Å². The van der Waals surface area contributed by atoms with E-state index in [9.17, 15) is 18.0 Å². The number of benzene rings is 1. The SMILES string of the molecule is CN1CCc2cc(-c3ncc(C(F)F)cn3)c(F)cc2C1=O. The molecule has 1 aromatic carbocycles. The smallest absolute Gasteiger partial charge is 0.266 e. The molecule has 7 heteroatoms. The first kappa shape index (κ1) is 14.5. The number of hydrogen-bond acceptors (Lipinski definition) is 3. The second-order valence-corrected chi connectivity index (χ2v) is 5.11. The van der Waals surface area contributed by atoms with Gasteiger partial charge in [0.05, 0.1) is 11.1 Å². The van der Waals surface area contributed by atoms with Crippen LogP contribution >= 0.6 is 0 Å². The Morgan fingerprint density at radius 1 is 1.18 bits per heavy atom. The minimum absolute atomic E-state index is 0.0241. The summed E-state index contributed by atoms with van der Waals surface area (Å²) in [5.41, 5.74) is 0.816. The van der Waals surface area contributed by atoms with Crippen LogP contribution in [-0.4, -0.2) is 34.4 Å². The van der Waals surface area contributed by atoms with Gasteiger partial charge >= 0.3 is 0 Å². The maximum absolute atomic E-state index is 14.2. The van der Waals surface area contributed by atoms with Gasteiger partial charge in [0.15, 0.2) is 5.82 Å². The van der Waals surface area contributed by atoms with Crippen LogP contribution in [0.4, 0.5) is 13.2 Å². The van der Waals surface area contributed by atoms with Crippen LogP contribution in [0, 0.1) is 5.82 Å². The third kappa shape index (κ3) is 2.43. The zero-order valence-electron chi connectivity index (χ0n) is 11.7. The van der Waals surface area contributed by atoms with E-state index in [-0.39, 0.29) is 22.9 Å². The van der Waals surface area contributed by atoms with Gasteiger partial charge in [0.2, 0.25) is 0 Å². The van der Waals surface area contributed by atoms with Crippen molar-refractivity contribution in [2.75, 3.05) is 13.6 Å². The highest BCUT2D eigenvalue weighted by molar-refractivity contribution is 5.97. The summed E-state index contributed by atoms with van der Waals surface area (Å²) in [6, 6.07) is 2.68. The Morgan fingerprint density at radius 3 is 2.50 bits per heavy atom. The van der Waals surface area contributed by atoms with E-state index in [1.54, 1.807) is 7.05 Å². The Morgan fingerprint density at radius 2 is 1.86 bits per heavy atom. The summed E-state index contributed by atoms with van der Waals surface area (Å²) in [7, 11) is 1.66. The van der Waals surface area contributed by atoms with Crippen LogP contribution in [0.15, 0.2) is 24.5 Å². The highest BCUT2D eigenvalue weighted by Gasteiger charge is 2.24. The zero-order chi connectivity index (χ0) is 15.9. The predicted molar refractivity (Wildman–Crippen MR) is 73.0 cm³/mol. The standard InChI is InChI=1S/C15H12F3N3O/c1-21-3-2-8-4-11(12(16)5-10(8)15(21)22)14-19-6-9(7-20-14)13(17)18/h4-7,13H,2-3H2,1H3. The summed E-state index contributed by atoms with van der Waals surface area (Å²) < 4.78 is 39.2. The minimum Gasteiger partial charge on any atom is -0.341 e. The lowest BCUT2D eigenvalue weighted by atomic mass is 9.96. The van der Waals surface area contributed by atoms with Crippen LogP contribution in [0.1, 0.15) is 27.9 Å². The Labute approximate surface area is 124 Å². The second-order valence-electron chi connectivity index (χ2n) is 5.11. The number of halogens is 3. The van der Waals surface area contributed by atoms with Crippen LogP contribution in [0.2, 0.25) is 0 Å². The normalized spacial score (nSPS) is 14.4. The zero-order valence-corrected chi connectivity index (χ0v) is 11.7. The molecule has 22 heavy (non-hydrogen) atoms. The molecular weight excluding hydrogens is 295 g/mol. The molecule has 0 saturated carbocycles. The number of rotatable bonds is 2. The summed E-state index contributed by atoms with van der Waals surface area (Å²) in [5.74, 6) is -0.857. The van der Waals surface area contributed by atoms with E-state index in [4.69, 9.17) is 0 Å². The molecule has 0 aliphatic carbocycles. The summed E-state index contributed by atoms with van der Waals surface area (Å²) in [4.78, 5) is 21.1. The summed E-state index contributed by atoms with van der Waals surface area (Å²) >= 11 is 0. The molecule has 0 bridgehead atoms. The summed E-state index contributed by atoms with van der Waals surface area (Å²) in [6.07, 6.45) is -0.120. The molecule has 3 rings (SSSR count). The van der Waals surface area contributed by atoms with Crippen LogP contribution in [0.5, 0.6) is 0 Å². The Bertz CT molecular complexity index is 732. The number of fused-ring (bicyclic) bond motifs is 1. The fraction of sp³-hybridized carbons (Fsp3) is 0.267. The van der Waals surface area contributed by atoms with Crippen molar-refractivity contribution in [3.05, 3.63) is 47.0 Å². The van der Waals surface area contributed by atoms with Gasteiger partial charge in [-0.3, -0.25) is 4.79 Å². The molecule has 1 aliphatic rings. The maximum atomic E-state index is 14.2. The number of alkyl halides is 2. The molecule has 0 spiro atoms. The van der Waals surface area contributed by atoms with Crippen molar-refractivity contribution in [1.82, 2.24) is 14.9 Å². The van der Waals surface area contributed by atoms with Gasteiger partial charge < -0.3 is 4.90 Å². The minimum atomic E-state index is -2.67. The number of carbonyl (C=O) groups is 1. The fourth-order valence-corrected chi connectivity index (χ4v) is 2.38. The van der Waals surface area contributed by atoms with Crippen LogP contribution < -0.4 is 0 Å². The first-order valence-electron chi connectivity index (χ1n) is 6.65. The molecule has 0 unspecified atom stereocenters. The van der Waals surface area contributed by atoms with E-state index in [1.807, 2.05) is 0 Å². The number of nitrogens with zero attached hydrogens (tertiary/aromatic N) is 3. The maximum Gasteiger partial charge on any atom is 0.266 e. The lowest BCUT2D eigenvalue weighted by Crippen LogP contribution is -2.34. The number of carbonyl (C=O) groups excluding carboxylic acids is 1. The summed E-state index contributed by atoms with van der Waals surface area (Å²) in [5, 5.41) is 0. The molecule has 2 aromatic rings. The summed E-state index contributed by atoms with van der Waals surface area (Å²) in [6.45, 7) is 0.544. The largest absolute Gasteiger partial charge is 0.341 e. The van der Waals surface area contributed by atoms with E-state index in [0.717, 1.165) is 18.5 Å².